The molecule has 2 amide bonds. The summed E-state index contributed by atoms with van der Waals surface area (Å²) >= 11 is 0. The van der Waals surface area contributed by atoms with Crippen LogP contribution in [0.15, 0.2) is 48.5 Å². The van der Waals surface area contributed by atoms with Gasteiger partial charge in [-0.1, -0.05) is 29.8 Å². The summed E-state index contributed by atoms with van der Waals surface area (Å²) in [6, 6.07) is 14.0. The van der Waals surface area contributed by atoms with Gasteiger partial charge in [-0.25, -0.2) is 4.39 Å². The summed E-state index contributed by atoms with van der Waals surface area (Å²) in [5.74, 6) is -0.263. The van der Waals surface area contributed by atoms with Gasteiger partial charge in [0.2, 0.25) is 11.8 Å². The number of carbonyl (C=O) groups excluding carboxylic acids is 2. The molecule has 5 nitrogen and oxygen atoms in total. The topological polar surface area (TPSA) is 43.9 Å². The molecule has 0 N–H and O–H groups in total. The third-order valence-electron chi connectivity index (χ3n) is 5.59. The van der Waals surface area contributed by atoms with E-state index < -0.39 is 6.04 Å². The molecule has 2 aliphatic rings. The smallest absolute Gasteiger partial charge is 0.245 e. The van der Waals surface area contributed by atoms with Crippen molar-refractivity contribution >= 4 is 23.2 Å². The van der Waals surface area contributed by atoms with Crippen LogP contribution in [0.3, 0.4) is 0 Å². The van der Waals surface area contributed by atoms with Crippen LogP contribution in [0.1, 0.15) is 18.4 Å². The van der Waals surface area contributed by atoms with Crippen molar-refractivity contribution in [3.05, 3.63) is 59.9 Å². The fourth-order valence-electron chi connectivity index (χ4n) is 4.03. The zero-order chi connectivity index (χ0) is 19.7. The highest BCUT2D eigenvalue weighted by molar-refractivity contribution is 6.03. The molecular formula is C22H24FN3O2. The Morgan fingerprint density at radius 3 is 2.36 bits per heavy atom. The summed E-state index contributed by atoms with van der Waals surface area (Å²) in [4.78, 5) is 31.0. The predicted molar refractivity (Wildman–Crippen MR) is 107 cm³/mol. The zero-order valence-corrected chi connectivity index (χ0v) is 16.0. The lowest BCUT2D eigenvalue weighted by Crippen LogP contribution is -2.54. The van der Waals surface area contributed by atoms with Gasteiger partial charge in [0.15, 0.2) is 0 Å². The minimum atomic E-state index is -0.449. The molecule has 0 bridgehead atoms. The first kappa shape index (κ1) is 18.5. The van der Waals surface area contributed by atoms with Crippen molar-refractivity contribution in [1.29, 1.82) is 0 Å². The minimum absolute atomic E-state index is 0.00723. The molecule has 0 spiro atoms. The number of nitrogens with zero attached hydrogens (tertiary/aromatic N) is 3. The van der Waals surface area contributed by atoms with E-state index in [2.05, 4.69) is 0 Å². The second-order valence-corrected chi connectivity index (χ2v) is 7.42. The number of amides is 2. The van der Waals surface area contributed by atoms with Crippen LogP contribution in [-0.2, 0) is 9.59 Å². The molecule has 2 aliphatic heterocycles. The van der Waals surface area contributed by atoms with Gasteiger partial charge in [0, 0.05) is 38.3 Å². The normalized spacial score (nSPS) is 20.0. The van der Waals surface area contributed by atoms with E-state index in [1.165, 1.54) is 6.07 Å². The van der Waals surface area contributed by atoms with Crippen LogP contribution in [0.5, 0.6) is 0 Å². The molecule has 1 unspecified atom stereocenters. The van der Waals surface area contributed by atoms with Crippen LogP contribution in [0.25, 0.3) is 0 Å². The molecule has 0 aromatic heterocycles. The Labute approximate surface area is 164 Å². The molecule has 146 valence electrons. The standard InChI is InChI=1S/C22H24FN3O2/c1-16-6-8-17(9-7-16)26-20(10-11-21(26)27)22(28)25-14-12-24(13-15-25)19-5-3-2-4-18(19)23/h2-9,20H,10-15H2,1H3. The van der Waals surface area contributed by atoms with Crippen molar-refractivity contribution in [2.45, 2.75) is 25.8 Å². The van der Waals surface area contributed by atoms with Gasteiger partial charge in [0.25, 0.3) is 0 Å². The predicted octanol–water partition coefficient (Wildman–Crippen LogP) is 2.98. The summed E-state index contributed by atoms with van der Waals surface area (Å²) in [6.07, 6.45) is 0.929. The average molecular weight is 381 g/mol. The number of benzene rings is 2. The molecule has 2 saturated heterocycles. The number of aryl methyl sites for hydroxylation is 1. The maximum atomic E-state index is 14.0. The number of carbonyl (C=O) groups is 2. The van der Waals surface area contributed by atoms with E-state index >= 15 is 0 Å². The number of piperazine rings is 1. The molecule has 0 aliphatic carbocycles. The maximum absolute atomic E-state index is 14.0. The highest BCUT2D eigenvalue weighted by Gasteiger charge is 2.39. The summed E-state index contributed by atoms with van der Waals surface area (Å²) in [5, 5.41) is 0. The zero-order valence-electron chi connectivity index (χ0n) is 16.0. The fraction of sp³-hybridized carbons (Fsp3) is 0.364. The third-order valence-corrected chi connectivity index (χ3v) is 5.59. The Morgan fingerprint density at radius 1 is 1.00 bits per heavy atom. The van der Waals surface area contributed by atoms with Crippen molar-refractivity contribution in [2.24, 2.45) is 0 Å². The number of hydrogen-bond donors (Lipinski definition) is 0. The SMILES string of the molecule is Cc1ccc(N2C(=O)CCC2C(=O)N2CCN(c3ccccc3F)CC2)cc1. The first-order valence-electron chi connectivity index (χ1n) is 9.71. The molecule has 6 heteroatoms. The highest BCUT2D eigenvalue weighted by Crippen LogP contribution is 2.29. The number of anilines is 2. The highest BCUT2D eigenvalue weighted by atomic mass is 19.1. The van der Waals surface area contributed by atoms with Crippen molar-refractivity contribution in [1.82, 2.24) is 4.90 Å². The Kier molecular flexibility index (Phi) is 5.03. The largest absolute Gasteiger partial charge is 0.366 e. The van der Waals surface area contributed by atoms with Crippen molar-refractivity contribution in [3.63, 3.8) is 0 Å². The van der Waals surface area contributed by atoms with Gasteiger partial charge < -0.3 is 9.80 Å². The Morgan fingerprint density at radius 2 is 1.68 bits per heavy atom. The lowest BCUT2D eigenvalue weighted by molar-refractivity contribution is -0.133. The van der Waals surface area contributed by atoms with E-state index in [0.717, 1.165) is 11.3 Å². The molecule has 0 radical (unpaired) electrons. The van der Waals surface area contributed by atoms with E-state index in [1.807, 2.05) is 47.1 Å². The van der Waals surface area contributed by atoms with E-state index in [1.54, 1.807) is 17.0 Å². The van der Waals surface area contributed by atoms with E-state index in [9.17, 15) is 14.0 Å². The van der Waals surface area contributed by atoms with Gasteiger partial charge in [-0.15, -0.1) is 0 Å². The van der Waals surface area contributed by atoms with Crippen LogP contribution in [0, 0.1) is 12.7 Å². The van der Waals surface area contributed by atoms with Crippen LogP contribution in [0.4, 0.5) is 15.8 Å². The van der Waals surface area contributed by atoms with Crippen LogP contribution in [0.2, 0.25) is 0 Å². The monoisotopic (exact) mass is 381 g/mol. The summed E-state index contributed by atoms with van der Waals surface area (Å²) in [5.41, 5.74) is 2.46. The van der Waals surface area contributed by atoms with Crippen LogP contribution >= 0.6 is 0 Å². The first-order chi connectivity index (χ1) is 13.5. The van der Waals surface area contributed by atoms with Crippen LogP contribution in [-0.4, -0.2) is 48.9 Å². The Balaban J connectivity index is 1.45. The average Bonchev–Trinajstić information content (AvgIpc) is 3.10. The molecule has 2 aromatic carbocycles. The van der Waals surface area contributed by atoms with E-state index in [-0.39, 0.29) is 17.6 Å². The van der Waals surface area contributed by atoms with Crippen molar-refractivity contribution in [3.8, 4) is 0 Å². The molecule has 4 rings (SSSR count). The lowest BCUT2D eigenvalue weighted by atomic mass is 10.1. The Bertz CT molecular complexity index is 876. The van der Waals surface area contributed by atoms with Gasteiger partial charge >= 0.3 is 0 Å². The fourth-order valence-corrected chi connectivity index (χ4v) is 4.03. The lowest BCUT2D eigenvalue weighted by Gasteiger charge is -2.38. The first-order valence-corrected chi connectivity index (χ1v) is 9.71. The molecule has 0 saturated carbocycles. The third kappa shape index (κ3) is 3.46. The van der Waals surface area contributed by atoms with Gasteiger partial charge in [-0.3, -0.25) is 14.5 Å². The summed E-state index contributed by atoms with van der Waals surface area (Å²) in [6.45, 7) is 4.21. The number of halogens is 1. The van der Waals surface area contributed by atoms with E-state index in [0.29, 0.717) is 44.7 Å². The quantitative estimate of drug-likeness (QED) is 0.821. The van der Waals surface area contributed by atoms with E-state index in [4.69, 9.17) is 0 Å². The van der Waals surface area contributed by atoms with Gasteiger partial charge in [-0.2, -0.15) is 0 Å². The van der Waals surface area contributed by atoms with Gasteiger partial charge in [0.05, 0.1) is 5.69 Å². The van der Waals surface area contributed by atoms with Gasteiger partial charge in [-0.05, 0) is 37.6 Å². The molecule has 2 heterocycles. The molecule has 2 aromatic rings. The summed E-state index contributed by atoms with van der Waals surface area (Å²) in [7, 11) is 0. The molecule has 2 fully saturated rings. The van der Waals surface area contributed by atoms with Gasteiger partial charge in [0.1, 0.15) is 11.9 Å². The van der Waals surface area contributed by atoms with Crippen molar-refractivity contribution < 1.29 is 14.0 Å². The number of hydrogen-bond acceptors (Lipinski definition) is 3. The molecule has 1 atom stereocenters. The van der Waals surface area contributed by atoms with Crippen LogP contribution < -0.4 is 9.80 Å². The Hall–Kier alpha value is -2.89. The second-order valence-electron chi connectivity index (χ2n) is 7.42. The maximum Gasteiger partial charge on any atom is 0.245 e. The second kappa shape index (κ2) is 7.62. The number of para-hydroxylation sites is 1. The minimum Gasteiger partial charge on any atom is -0.366 e. The molecular weight excluding hydrogens is 357 g/mol. The van der Waals surface area contributed by atoms with Crippen molar-refractivity contribution in [2.75, 3.05) is 36.0 Å². The molecule has 28 heavy (non-hydrogen) atoms. The summed E-state index contributed by atoms with van der Waals surface area (Å²) < 4.78 is 14.0. The number of rotatable bonds is 3.